The minimum absolute atomic E-state index is 0.142. The molecular weight excluding hydrogens is 422 g/mol. The molecule has 1 heterocycles. The van der Waals surface area contributed by atoms with E-state index in [-0.39, 0.29) is 5.69 Å². The Balaban J connectivity index is 2.27. The third-order valence-corrected chi connectivity index (χ3v) is 3.92. The van der Waals surface area contributed by atoms with Crippen molar-refractivity contribution in [3.63, 3.8) is 0 Å². The van der Waals surface area contributed by atoms with E-state index in [0.29, 0.717) is 32.0 Å². The molecule has 6 nitrogen and oxygen atoms in total. The van der Waals surface area contributed by atoms with Gasteiger partial charge in [0.15, 0.2) is 0 Å². The first-order valence-electron chi connectivity index (χ1n) is 7.21. The number of urea groups is 1. The van der Waals surface area contributed by atoms with Crippen LogP contribution in [0.4, 0.5) is 29.3 Å². The second-order valence-corrected chi connectivity index (χ2v) is 7.52. The van der Waals surface area contributed by atoms with E-state index in [1.165, 1.54) is 6.07 Å². The van der Waals surface area contributed by atoms with Crippen LogP contribution in [0.25, 0.3) is 0 Å². The Morgan fingerprint density at radius 3 is 2.27 bits per heavy atom. The van der Waals surface area contributed by atoms with Gasteiger partial charge in [0.25, 0.3) is 9.70 Å². The summed E-state index contributed by atoms with van der Waals surface area (Å²) in [7, 11) is 0. The summed E-state index contributed by atoms with van der Waals surface area (Å²) in [5.74, 6) is -1.24. The molecule has 0 atom stereocenters. The van der Waals surface area contributed by atoms with Gasteiger partial charge in [0, 0.05) is 13.1 Å². The Morgan fingerprint density at radius 1 is 1.12 bits per heavy atom. The Bertz CT molecular complexity index is 689. The van der Waals surface area contributed by atoms with Gasteiger partial charge in [-0.25, -0.2) is 4.79 Å². The van der Waals surface area contributed by atoms with E-state index in [1.807, 2.05) is 0 Å². The molecule has 0 spiro atoms. The highest BCUT2D eigenvalue weighted by Gasteiger charge is 2.34. The van der Waals surface area contributed by atoms with Crippen LogP contribution in [-0.2, 0) is 15.7 Å². The van der Waals surface area contributed by atoms with E-state index in [4.69, 9.17) is 39.5 Å². The first kappa shape index (κ1) is 20.9. The van der Waals surface area contributed by atoms with Crippen LogP contribution in [0.3, 0.4) is 0 Å². The molecule has 12 heteroatoms. The van der Waals surface area contributed by atoms with Gasteiger partial charge in [-0.1, -0.05) is 34.8 Å². The van der Waals surface area contributed by atoms with Crippen LogP contribution in [0.1, 0.15) is 5.56 Å². The molecule has 1 aromatic carbocycles. The number of ether oxygens (including phenoxy) is 1. The van der Waals surface area contributed by atoms with Gasteiger partial charge in [0.05, 0.1) is 30.2 Å². The number of morpholine rings is 1. The first-order chi connectivity index (χ1) is 12.0. The van der Waals surface area contributed by atoms with Gasteiger partial charge in [0.1, 0.15) is 0 Å². The molecule has 3 amide bonds. The maximum Gasteiger partial charge on any atom is 0.416 e. The maximum atomic E-state index is 13.0. The lowest BCUT2D eigenvalue weighted by Gasteiger charge is -2.31. The van der Waals surface area contributed by atoms with Gasteiger partial charge in [-0.05, 0) is 18.2 Å². The molecule has 144 valence electrons. The van der Waals surface area contributed by atoms with E-state index >= 15 is 0 Å². The Hall–Kier alpha value is -1.42. The lowest BCUT2D eigenvalue weighted by atomic mass is 10.1. The SMILES string of the molecule is O=C(NC(=O)C(Cl)(Cl)Cl)Nc1cc(C(F)(F)F)ccc1N1CCOCC1. The summed E-state index contributed by atoms with van der Waals surface area (Å²) in [5, 5.41) is 3.94. The second kappa shape index (κ2) is 8.08. The van der Waals surface area contributed by atoms with E-state index in [1.54, 1.807) is 10.2 Å². The molecule has 0 radical (unpaired) electrons. The summed E-state index contributed by atoms with van der Waals surface area (Å²) >= 11 is 16.0. The minimum Gasteiger partial charge on any atom is -0.378 e. The lowest BCUT2D eigenvalue weighted by Crippen LogP contribution is -2.42. The molecule has 1 aliphatic rings. The Labute approximate surface area is 161 Å². The van der Waals surface area contributed by atoms with Crippen LogP contribution in [0.5, 0.6) is 0 Å². The van der Waals surface area contributed by atoms with Crippen molar-refractivity contribution in [1.82, 2.24) is 5.32 Å². The zero-order chi connectivity index (χ0) is 19.5. The van der Waals surface area contributed by atoms with Crippen LogP contribution in [0.15, 0.2) is 18.2 Å². The summed E-state index contributed by atoms with van der Waals surface area (Å²) in [6.45, 7) is 1.63. The molecule has 1 fully saturated rings. The Morgan fingerprint density at radius 2 is 1.73 bits per heavy atom. The highest BCUT2D eigenvalue weighted by Crippen LogP contribution is 2.35. The van der Waals surface area contributed by atoms with Gasteiger partial charge >= 0.3 is 12.2 Å². The number of carbonyl (C=O) groups is 2. The number of benzene rings is 1. The van der Waals surface area contributed by atoms with Gasteiger partial charge in [0.2, 0.25) is 0 Å². The molecule has 2 N–H and O–H groups in total. The largest absolute Gasteiger partial charge is 0.416 e. The Kier molecular flexibility index (Phi) is 6.49. The topological polar surface area (TPSA) is 70.7 Å². The summed E-state index contributed by atoms with van der Waals surface area (Å²) in [6.07, 6.45) is -4.61. The molecule has 1 aromatic rings. The van der Waals surface area contributed by atoms with Gasteiger partial charge in [-0.3, -0.25) is 10.1 Å². The van der Waals surface area contributed by atoms with Crippen molar-refractivity contribution in [2.75, 3.05) is 36.5 Å². The third-order valence-electron chi connectivity index (χ3n) is 3.41. The normalized spacial score (nSPS) is 15.5. The van der Waals surface area contributed by atoms with Crippen molar-refractivity contribution < 1.29 is 27.5 Å². The van der Waals surface area contributed by atoms with Gasteiger partial charge < -0.3 is 15.0 Å². The van der Waals surface area contributed by atoms with E-state index in [2.05, 4.69) is 5.32 Å². The summed E-state index contributed by atoms with van der Waals surface area (Å²) in [6, 6.07) is 1.78. The minimum atomic E-state index is -4.61. The number of halogens is 6. The number of imide groups is 1. The number of alkyl halides is 6. The number of nitrogens with one attached hydrogen (secondary N) is 2. The van der Waals surface area contributed by atoms with Gasteiger partial charge in [-0.2, -0.15) is 13.2 Å². The molecule has 0 aromatic heterocycles. The quantitative estimate of drug-likeness (QED) is 0.698. The fourth-order valence-electron chi connectivity index (χ4n) is 2.22. The predicted octanol–water partition coefficient (Wildman–Crippen LogP) is 3.56. The number of nitrogens with zero attached hydrogens (tertiary/aromatic N) is 1. The van der Waals surface area contributed by atoms with Crippen LogP contribution in [0.2, 0.25) is 0 Å². The summed E-state index contributed by atoms with van der Waals surface area (Å²) in [5.41, 5.74) is -0.758. The second-order valence-electron chi connectivity index (χ2n) is 5.24. The van der Waals surface area contributed by atoms with E-state index in [9.17, 15) is 22.8 Å². The monoisotopic (exact) mass is 433 g/mol. The van der Waals surface area contributed by atoms with Gasteiger partial charge in [-0.15, -0.1) is 0 Å². The fraction of sp³-hybridized carbons (Fsp3) is 0.429. The summed E-state index contributed by atoms with van der Waals surface area (Å²) in [4.78, 5) is 25.2. The molecule has 0 unspecified atom stereocenters. The molecule has 0 aliphatic carbocycles. The highest BCUT2D eigenvalue weighted by molar-refractivity contribution is 6.76. The molecule has 26 heavy (non-hydrogen) atoms. The van der Waals surface area contributed by atoms with Crippen molar-refractivity contribution in [1.29, 1.82) is 0 Å². The van der Waals surface area contributed by atoms with Crippen molar-refractivity contribution in [3.8, 4) is 0 Å². The lowest BCUT2D eigenvalue weighted by molar-refractivity contribution is -0.137. The molecule has 0 saturated carbocycles. The van der Waals surface area contributed by atoms with E-state index < -0.39 is 27.5 Å². The molecular formula is C14H13Cl3F3N3O3. The summed E-state index contributed by atoms with van der Waals surface area (Å²) < 4.78 is 41.7. The average molecular weight is 435 g/mol. The van der Waals surface area contributed by atoms with Crippen molar-refractivity contribution in [2.24, 2.45) is 0 Å². The van der Waals surface area contributed by atoms with Crippen LogP contribution < -0.4 is 15.5 Å². The molecule has 1 saturated heterocycles. The number of amides is 3. The third kappa shape index (κ3) is 5.54. The maximum absolute atomic E-state index is 13.0. The van der Waals surface area contributed by atoms with Crippen LogP contribution in [0, 0.1) is 0 Å². The predicted molar refractivity (Wildman–Crippen MR) is 91.9 cm³/mol. The zero-order valence-corrected chi connectivity index (χ0v) is 15.3. The average Bonchev–Trinajstić information content (AvgIpc) is 2.53. The highest BCUT2D eigenvalue weighted by atomic mass is 35.6. The standard InChI is InChI=1S/C14H13Cl3F3N3O3/c15-13(16,17)11(24)22-12(25)21-9-7-8(14(18,19)20)1-2-10(9)23-3-5-26-6-4-23/h1-2,7H,3-6H2,(H2,21,22,24,25). The number of rotatable bonds is 2. The van der Waals surface area contributed by atoms with Crippen molar-refractivity contribution in [2.45, 2.75) is 9.97 Å². The number of hydrogen-bond acceptors (Lipinski definition) is 4. The van der Waals surface area contributed by atoms with Crippen LogP contribution in [-0.4, -0.2) is 42.0 Å². The van der Waals surface area contributed by atoms with Crippen LogP contribution >= 0.6 is 34.8 Å². The van der Waals surface area contributed by atoms with Crippen molar-refractivity contribution in [3.05, 3.63) is 23.8 Å². The van der Waals surface area contributed by atoms with E-state index in [0.717, 1.165) is 12.1 Å². The fourth-order valence-corrected chi connectivity index (χ4v) is 2.36. The number of hydrogen-bond donors (Lipinski definition) is 2. The molecule has 2 rings (SSSR count). The zero-order valence-electron chi connectivity index (χ0n) is 13.0. The number of carbonyl (C=O) groups excluding carboxylic acids is 2. The smallest absolute Gasteiger partial charge is 0.378 e. The number of anilines is 2. The first-order valence-corrected chi connectivity index (χ1v) is 8.35. The van der Waals surface area contributed by atoms with Crippen molar-refractivity contribution >= 4 is 58.1 Å². The molecule has 1 aliphatic heterocycles. The molecule has 0 bridgehead atoms.